The maximum atomic E-state index is 12.3. The molecule has 8 aliphatic heterocycles. The molecule has 8 aliphatic rings. The van der Waals surface area contributed by atoms with Gasteiger partial charge in [-0.25, -0.2) is 0 Å². The van der Waals surface area contributed by atoms with Gasteiger partial charge in [0.1, 0.15) is 62.5 Å². The molecule has 8 rings (SSSR count). The van der Waals surface area contributed by atoms with Gasteiger partial charge in [-0.3, -0.25) is 4.79 Å². The lowest BCUT2D eigenvalue weighted by molar-refractivity contribution is -0.337. The standard InChI is InChI=1S/C11H18O6.C11H16O6.C9H16O6/c2*1-6-15-7-4-13-11(9(12)8(7)16-6)5-14-10(2,3)17-11;1-8(2)14-4-9(15-8)7(12)6(11)5(10)3-13-9/h6-9,12H,4-5H2,1-3H3;6-8H,4-5H2,1-3H3;5-7,10-12H,3-4H2,1-2H3/t6?,7-,8-,9+,11+;6?,7-,8-,11+;5-,6-,7+,9+/m111/s1. The van der Waals surface area contributed by atoms with E-state index in [0.717, 1.165) is 0 Å². The number of rotatable bonds is 0. The van der Waals surface area contributed by atoms with E-state index in [1.165, 1.54) is 0 Å². The maximum Gasteiger partial charge on any atom is 0.258 e. The summed E-state index contributed by atoms with van der Waals surface area (Å²) >= 11 is 0. The largest absolute Gasteiger partial charge is 0.388 e. The average molecular weight is 711 g/mol. The molecule has 4 N–H and O–H groups in total. The quantitative estimate of drug-likeness (QED) is 0.231. The van der Waals surface area contributed by atoms with E-state index in [1.807, 2.05) is 0 Å². The van der Waals surface area contributed by atoms with Crippen molar-refractivity contribution in [1.29, 1.82) is 0 Å². The van der Waals surface area contributed by atoms with Gasteiger partial charge in [0.05, 0.1) is 19.8 Å². The van der Waals surface area contributed by atoms with Crippen LogP contribution in [0.25, 0.3) is 0 Å². The molecule has 18 heteroatoms. The molecule has 3 spiro atoms. The van der Waals surface area contributed by atoms with Crippen molar-refractivity contribution in [2.45, 2.75) is 152 Å². The molecule has 0 radical (unpaired) electrons. The number of aliphatic hydroxyl groups excluding tert-OH is 4. The lowest BCUT2D eigenvalue weighted by Crippen LogP contribution is -2.62. The van der Waals surface area contributed by atoms with Crippen LogP contribution < -0.4 is 0 Å². The molecule has 8 fully saturated rings. The predicted molar refractivity (Wildman–Crippen MR) is 157 cm³/mol. The van der Waals surface area contributed by atoms with Crippen LogP contribution in [-0.4, -0.2) is 162 Å². The highest BCUT2D eigenvalue weighted by Gasteiger charge is 2.62. The Morgan fingerprint density at radius 1 is 0.571 bits per heavy atom. The Balaban J connectivity index is 0.000000128. The van der Waals surface area contributed by atoms with E-state index in [-0.39, 0.29) is 63.6 Å². The maximum absolute atomic E-state index is 12.3. The normalized spacial score (nSPS) is 50.5. The Bertz CT molecular complexity index is 1210. The molecular weight excluding hydrogens is 660 g/mol. The number of hydrogen-bond donors (Lipinski definition) is 4. The second-order valence-electron chi connectivity index (χ2n) is 14.6. The minimum absolute atomic E-state index is 0.0327. The monoisotopic (exact) mass is 710 g/mol. The Morgan fingerprint density at radius 3 is 1.65 bits per heavy atom. The lowest BCUT2D eigenvalue weighted by Gasteiger charge is -2.41. The van der Waals surface area contributed by atoms with Gasteiger partial charge >= 0.3 is 0 Å². The van der Waals surface area contributed by atoms with Gasteiger partial charge in [0, 0.05) is 0 Å². The second kappa shape index (κ2) is 13.1. The van der Waals surface area contributed by atoms with Crippen LogP contribution in [0.2, 0.25) is 0 Å². The summed E-state index contributed by atoms with van der Waals surface area (Å²) in [5.41, 5.74) is 0. The van der Waals surface area contributed by atoms with Crippen molar-refractivity contribution >= 4 is 5.78 Å². The van der Waals surface area contributed by atoms with Gasteiger partial charge in [0.15, 0.2) is 36.0 Å². The Hall–Kier alpha value is -1.01. The average Bonchev–Trinajstić information content (AvgIpc) is 3.81. The molecular formula is C31H50O18. The smallest absolute Gasteiger partial charge is 0.258 e. The number of Topliss-reactive ketones (excluding diaryl/α,β-unsaturated/α-hetero) is 1. The van der Waals surface area contributed by atoms with Crippen molar-refractivity contribution in [3.8, 4) is 0 Å². The van der Waals surface area contributed by atoms with E-state index in [9.17, 15) is 25.2 Å². The number of aliphatic hydroxyl groups is 4. The van der Waals surface area contributed by atoms with Crippen molar-refractivity contribution in [3.63, 3.8) is 0 Å². The van der Waals surface area contributed by atoms with Gasteiger partial charge < -0.3 is 82.0 Å². The molecule has 0 saturated carbocycles. The van der Waals surface area contributed by atoms with Gasteiger partial charge in [-0.15, -0.1) is 0 Å². The molecule has 2 unspecified atom stereocenters. The summed E-state index contributed by atoms with van der Waals surface area (Å²) in [6.07, 6.45) is -6.93. The topological polar surface area (TPSA) is 218 Å². The summed E-state index contributed by atoms with van der Waals surface area (Å²) in [5, 5.41) is 39.0. The first-order valence-electron chi connectivity index (χ1n) is 16.5. The molecule has 49 heavy (non-hydrogen) atoms. The van der Waals surface area contributed by atoms with Gasteiger partial charge in [0.25, 0.3) is 5.79 Å². The fraction of sp³-hybridized carbons (Fsp3) is 0.968. The summed E-state index contributed by atoms with van der Waals surface area (Å²) in [5.74, 6) is -6.47. The number of carbonyl (C=O) groups is 1. The summed E-state index contributed by atoms with van der Waals surface area (Å²) in [4.78, 5) is 12.3. The van der Waals surface area contributed by atoms with Crippen LogP contribution in [0.4, 0.5) is 0 Å². The Morgan fingerprint density at radius 2 is 1.08 bits per heavy atom. The van der Waals surface area contributed by atoms with Crippen molar-refractivity contribution in [1.82, 2.24) is 0 Å². The van der Waals surface area contributed by atoms with E-state index in [4.69, 9.17) is 61.6 Å². The molecule has 8 saturated heterocycles. The van der Waals surface area contributed by atoms with Crippen molar-refractivity contribution in [3.05, 3.63) is 0 Å². The molecule has 0 aromatic rings. The van der Waals surface area contributed by atoms with E-state index in [0.29, 0.717) is 6.61 Å². The van der Waals surface area contributed by atoms with Crippen LogP contribution in [0.15, 0.2) is 0 Å². The zero-order valence-electron chi connectivity index (χ0n) is 29.0. The van der Waals surface area contributed by atoms with E-state index in [1.54, 1.807) is 55.4 Å². The first-order chi connectivity index (χ1) is 22.7. The first-order valence-corrected chi connectivity index (χ1v) is 16.5. The third kappa shape index (κ3) is 7.32. The summed E-state index contributed by atoms with van der Waals surface area (Å²) in [6, 6.07) is 0. The van der Waals surface area contributed by atoms with Crippen LogP contribution in [0.5, 0.6) is 0 Å². The zero-order valence-corrected chi connectivity index (χ0v) is 29.0. The number of carbonyl (C=O) groups excluding carboxylic acids is 1. The third-order valence-corrected chi connectivity index (χ3v) is 9.26. The van der Waals surface area contributed by atoms with Gasteiger partial charge in [-0.1, -0.05) is 0 Å². The highest BCUT2D eigenvalue weighted by atomic mass is 16.9. The third-order valence-electron chi connectivity index (χ3n) is 9.26. The van der Waals surface area contributed by atoms with Crippen LogP contribution in [0.1, 0.15) is 55.4 Å². The van der Waals surface area contributed by atoms with Crippen LogP contribution in [-0.2, 0) is 66.4 Å². The van der Waals surface area contributed by atoms with Crippen molar-refractivity contribution < 1.29 is 86.8 Å². The molecule has 8 heterocycles. The minimum atomic E-state index is -1.36. The molecule has 0 amide bonds. The van der Waals surface area contributed by atoms with E-state index in [2.05, 4.69) is 0 Å². The van der Waals surface area contributed by atoms with Gasteiger partial charge in [0.2, 0.25) is 17.4 Å². The fourth-order valence-electron chi connectivity index (χ4n) is 6.87. The van der Waals surface area contributed by atoms with Gasteiger partial charge in [-0.2, -0.15) is 0 Å². The summed E-state index contributed by atoms with van der Waals surface area (Å²) < 4.78 is 71.2. The molecule has 13 atom stereocenters. The van der Waals surface area contributed by atoms with Gasteiger partial charge in [-0.05, 0) is 55.4 Å². The number of ketones is 1. The van der Waals surface area contributed by atoms with Crippen LogP contribution in [0.3, 0.4) is 0 Å². The number of fused-ring (bicyclic) bond motifs is 2. The molecule has 282 valence electrons. The molecule has 18 nitrogen and oxygen atoms in total. The highest BCUT2D eigenvalue weighted by molar-refractivity contribution is 5.92. The lowest BCUT2D eigenvalue weighted by atomic mass is 9.97. The molecule has 0 bridgehead atoms. The Labute approximate surface area is 283 Å². The SMILES string of the molecule is CC1(C)OC[C@]2(OC[C@@H](O)[C@@H](O)[C@@H]2O)O1.CC1O[C@@H]2CO[C@]3(COC(C)(C)O3)C(=O)[C@@H]2O1.CC1O[C@@H]2[C@@H](CO[C@]3(COC(C)(C)O3)[C@H]2O)O1. The fourth-order valence-corrected chi connectivity index (χ4v) is 6.87. The first kappa shape index (κ1) is 37.7. The number of ether oxygens (including phenoxy) is 13. The summed E-state index contributed by atoms with van der Waals surface area (Å²) in [6.45, 7) is 14.9. The van der Waals surface area contributed by atoms with Crippen molar-refractivity contribution in [2.24, 2.45) is 0 Å². The molecule has 0 aliphatic carbocycles. The zero-order chi connectivity index (χ0) is 35.8. The number of hydrogen-bond acceptors (Lipinski definition) is 18. The minimum Gasteiger partial charge on any atom is -0.388 e. The second-order valence-corrected chi connectivity index (χ2v) is 14.6. The molecule has 0 aromatic carbocycles. The van der Waals surface area contributed by atoms with E-state index >= 15 is 0 Å². The molecule has 0 aromatic heterocycles. The predicted octanol–water partition coefficient (Wildman–Crippen LogP) is -1.24. The Kier molecular flexibility index (Phi) is 10.1. The van der Waals surface area contributed by atoms with E-state index < -0.39 is 71.3 Å². The van der Waals surface area contributed by atoms with Crippen LogP contribution >= 0.6 is 0 Å². The highest BCUT2D eigenvalue weighted by Crippen LogP contribution is 2.43. The van der Waals surface area contributed by atoms with Crippen molar-refractivity contribution in [2.75, 3.05) is 39.6 Å². The van der Waals surface area contributed by atoms with Crippen LogP contribution in [0, 0.1) is 0 Å². The summed E-state index contributed by atoms with van der Waals surface area (Å²) in [7, 11) is 0.